The molecule has 0 saturated heterocycles. The second-order valence-electron chi connectivity index (χ2n) is 5.53. The molecule has 0 saturated carbocycles. The zero-order valence-corrected chi connectivity index (χ0v) is 14.0. The molecule has 27 heavy (non-hydrogen) atoms. The number of nitrogens with one attached hydrogen (secondary N) is 1. The van der Waals surface area contributed by atoms with E-state index in [4.69, 9.17) is 10.5 Å². The van der Waals surface area contributed by atoms with Crippen molar-refractivity contribution in [1.82, 2.24) is 15.0 Å². The Hall–Kier alpha value is -3.62. The third kappa shape index (κ3) is 5.43. The highest BCUT2D eigenvalue weighted by Gasteiger charge is 2.10. The van der Waals surface area contributed by atoms with Crippen molar-refractivity contribution >= 4 is 23.6 Å². The van der Waals surface area contributed by atoms with E-state index in [1.54, 1.807) is 0 Å². The first-order valence-corrected chi connectivity index (χ1v) is 7.91. The predicted octanol–water partition coefficient (Wildman–Crippen LogP) is 2.76. The lowest BCUT2D eigenvalue weighted by Crippen LogP contribution is -2.12. The summed E-state index contributed by atoms with van der Waals surface area (Å²) in [5.41, 5.74) is 6.82. The second kappa shape index (κ2) is 8.17. The van der Waals surface area contributed by atoms with Gasteiger partial charge in [0.25, 0.3) is 0 Å². The van der Waals surface area contributed by atoms with Crippen molar-refractivity contribution in [3.63, 3.8) is 0 Å². The van der Waals surface area contributed by atoms with Gasteiger partial charge in [-0.1, -0.05) is 12.1 Å². The van der Waals surface area contributed by atoms with Crippen molar-refractivity contribution in [1.29, 1.82) is 0 Å². The maximum absolute atomic E-state index is 12.9. The second-order valence-corrected chi connectivity index (χ2v) is 5.53. The Bertz CT molecular complexity index is 933. The fourth-order valence-corrected chi connectivity index (χ4v) is 2.19. The van der Waals surface area contributed by atoms with Crippen LogP contribution in [0.4, 0.5) is 26.4 Å². The number of esters is 1. The van der Waals surface area contributed by atoms with E-state index in [0.717, 1.165) is 0 Å². The van der Waals surface area contributed by atoms with Crippen molar-refractivity contribution in [3.05, 3.63) is 71.6 Å². The molecule has 0 unspecified atom stereocenters. The minimum Gasteiger partial charge on any atom is -0.457 e. The molecule has 0 bridgehead atoms. The minimum atomic E-state index is -0.520. The molecule has 0 spiro atoms. The van der Waals surface area contributed by atoms with E-state index in [1.165, 1.54) is 48.5 Å². The van der Waals surface area contributed by atoms with Gasteiger partial charge in [-0.05, 0) is 42.0 Å². The molecule has 138 valence electrons. The first kappa shape index (κ1) is 18.2. The molecular formula is C18H15F2N5O2. The maximum Gasteiger partial charge on any atom is 0.310 e. The largest absolute Gasteiger partial charge is 0.457 e. The van der Waals surface area contributed by atoms with Crippen LogP contribution in [0.15, 0.2) is 48.5 Å². The van der Waals surface area contributed by atoms with Crippen LogP contribution in [-0.4, -0.2) is 20.9 Å². The van der Waals surface area contributed by atoms with Crippen LogP contribution in [0.1, 0.15) is 11.4 Å². The van der Waals surface area contributed by atoms with Gasteiger partial charge in [0, 0.05) is 5.69 Å². The summed E-state index contributed by atoms with van der Waals surface area (Å²) in [6, 6.07) is 11.1. The molecule has 0 atom stereocenters. The van der Waals surface area contributed by atoms with Crippen LogP contribution < -0.4 is 11.1 Å². The van der Waals surface area contributed by atoms with E-state index in [-0.39, 0.29) is 42.4 Å². The summed E-state index contributed by atoms with van der Waals surface area (Å²) < 4.78 is 30.9. The van der Waals surface area contributed by atoms with Gasteiger partial charge in [-0.2, -0.15) is 15.0 Å². The minimum absolute atomic E-state index is 0.0124. The van der Waals surface area contributed by atoms with Gasteiger partial charge >= 0.3 is 5.97 Å². The first-order valence-electron chi connectivity index (χ1n) is 7.91. The number of benzene rings is 2. The van der Waals surface area contributed by atoms with Crippen LogP contribution in [0.3, 0.4) is 0 Å². The number of halogens is 2. The molecule has 0 fully saturated rings. The smallest absolute Gasteiger partial charge is 0.310 e. The lowest BCUT2D eigenvalue weighted by Gasteiger charge is -2.08. The van der Waals surface area contributed by atoms with Gasteiger partial charge in [-0.3, -0.25) is 4.79 Å². The van der Waals surface area contributed by atoms with Gasteiger partial charge in [0.2, 0.25) is 11.9 Å². The average Bonchev–Trinajstić information content (AvgIpc) is 2.63. The van der Waals surface area contributed by atoms with Crippen LogP contribution in [0, 0.1) is 11.6 Å². The number of ether oxygens (including phenoxy) is 1. The number of nitrogens with zero attached hydrogens (tertiary/aromatic N) is 3. The van der Waals surface area contributed by atoms with Gasteiger partial charge in [-0.15, -0.1) is 0 Å². The molecule has 1 heterocycles. The summed E-state index contributed by atoms with van der Waals surface area (Å²) in [7, 11) is 0. The van der Waals surface area contributed by atoms with Crippen LogP contribution >= 0.6 is 0 Å². The number of anilines is 3. The van der Waals surface area contributed by atoms with Crippen LogP contribution in [0.2, 0.25) is 0 Å². The van der Waals surface area contributed by atoms with E-state index < -0.39 is 5.97 Å². The highest BCUT2D eigenvalue weighted by atomic mass is 19.1. The zero-order valence-electron chi connectivity index (χ0n) is 14.0. The molecule has 0 aliphatic heterocycles. The summed E-state index contributed by atoms with van der Waals surface area (Å²) in [6.45, 7) is -0.204. The molecule has 9 heteroatoms. The molecule has 0 aliphatic carbocycles. The Morgan fingerprint density at radius 3 is 2.26 bits per heavy atom. The normalized spacial score (nSPS) is 10.4. The van der Waals surface area contributed by atoms with E-state index in [1.807, 2.05) is 0 Å². The third-order valence-corrected chi connectivity index (χ3v) is 3.42. The van der Waals surface area contributed by atoms with Gasteiger partial charge in [0.05, 0.1) is 6.42 Å². The van der Waals surface area contributed by atoms with Crippen molar-refractivity contribution in [2.45, 2.75) is 13.0 Å². The molecule has 3 aromatic rings. The molecular weight excluding hydrogens is 356 g/mol. The molecule has 0 radical (unpaired) electrons. The van der Waals surface area contributed by atoms with Gasteiger partial charge in [0.1, 0.15) is 11.6 Å². The molecule has 3 rings (SSSR count). The van der Waals surface area contributed by atoms with Crippen LogP contribution in [0.25, 0.3) is 0 Å². The van der Waals surface area contributed by atoms with Crippen LogP contribution in [-0.2, 0) is 22.6 Å². The van der Waals surface area contributed by atoms with E-state index >= 15 is 0 Å². The summed E-state index contributed by atoms with van der Waals surface area (Å²) in [4.78, 5) is 23.8. The molecule has 0 amide bonds. The fourth-order valence-electron chi connectivity index (χ4n) is 2.19. The van der Waals surface area contributed by atoms with E-state index in [9.17, 15) is 13.6 Å². The quantitative estimate of drug-likeness (QED) is 0.642. The van der Waals surface area contributed by atoms with Gasteiger partial charge < -0.3 is 15.8 Å². The fraction of sp³-hybridized carbons (Fsp3) is 0.111. The highest BCUT2D eigenvalue weighted by Crippen LogP contribution is 2.14. The molecule has 0 aliphatic rings. The number of hydrogen-bond acceptors (Lipinski definition) is 7. The Balaban J connectivity index is 1.61. The number of nitrogen functional groups attached to an aromatic ring is 1. The average molecular weight is 371 g/mol. The Morgan fingerprint density at radius 1 is 0.963 bits per heavy atom. The van der Waals surface area contributed by atoms with Crippen LogP contribution in [0.5, 0.6) is 0 Å². The number of rotatable bonds is 6. The lowest BCUT2D eigenvalue weighted by molar-refractivity contribution is -0.144. The Morgan fingerprint density at radius 2 is 1.59 bits per heavy atom. The van der Waals surface area contributed by atoms with Crippen molar-refractivity contribution < 1.29 is 18.3 Å². The summed E-state index contributed by atoms with van der Waals surface area (Å²) in [5, 5.41) is 2.86. The van der Waals surface area contributed by atoms with Crippen molar-refractivity contribution in [2.75, 3.05) is 11.1 Å². The standard InChI is InChI=1S/C18H15F2N5O2/c19-12-3-1-11(2-4-12)9-16(26)27-10-15-23-17(21)25-18(24-15)22-14-7-5-13(20)6-8-14/h1-8H,9-10H2,(H3,21,22,23,24,25). The Labute approximate surface area is 153 Å². The Kier molecular flexibility index (Phi) is 5.50. The van der Waals surface area contributed by atoms with E-state index in [0.29, 0.717) is 11.3 Å². The summed E-state index contributed by atoms with van der Waals surface area (Å²) in [6.07, 6.45) is -0.0124. The predicted molar refractivity (Wildman–Crippen MR) is 93.8 cm³/mol. The molecule has 3 N–H and O–H groups in total. The van der Waals surface area contributed by atoms with Crippen molar-refractivity contribution in [2.24, 2.45) is 0 Å². The lowest BCUT2D eigenvalue weighted by atomic mass is 10.1. The highest BCUT2D eigenvalue weighted by molar-refractivity contribution is 5.72. The maximum atomic E-state index is 12.9. The molecule has 2 aromatic carbocycles. The zero-order chi connectivity index (χ0) is 19.2. The number of aromatic nitrogens is 3. The number of hydrogen-bond donors (Lipinski definition) is 2. The van der Waals surface area contributed by atoms with E-state index in [2.05, 4.69) is 20.3 Å². The first-order chi connectivity index (χ1) is 13.0. The number of carbonyl (C=O) groups excluding carboxylic acids is 1. The summed E-state index contributed by atoms with van der Waals surface area (Å²) >= 11 is 0. The summed E-state index contributed by atoms with van der Waals surface area (Å²) in [5.74, 6) is -1.04. The third-order valence-electron chi connectivity index (χ3n) is 3.42. The van der Waals surface area contributed by atoms with Gasteiger partial charge in [-0.25, -0.2) is 8.78 Å². The molecule has 7 nitrogen and oxygen atoms in total. The molecule has 1 aromatic heterocycles. The number of carbonyl (C=O) groups is 1. The number of nitrogens with two attached hydrogens (primary N) is 1. The topological polar surface area (TPSA) is 103 Å². The SMILES string of the molecule is Nc1nc(COC(=O)Cc2ccc(F)cc2)nc(Nc2ccc(F)cc2)n1. The monoisotopic (exact) mass is 371 g/mol. The van der Waals surface area contributed by atoms with Gasteiger partial charge in [0.15, 0.2) is 12.4 Å². The van der Waals surface area contributed by atoms with Crippen molar-refractivity contribution in [3.8, 4) is 0 Å².